The quantitative estimate of drug-likeness (QED) is 0.662. The van der Waals surface area contributed by atoms with Crippen LogP contribution in [0.25, 0.3) is 0 Å². The molecule has 0 aliphatic rings. The van der Waals surface area contributed by atoms with Crippen LogP contribution in [0, 0.1) is 0 Å². The van der Waals surface area contributed by atoms with E-state index in [4.69, 9.17) is 5.84 Å². The van der Waals surface area contributed by atoms with Gasteiger partial charge in [-0.25, -0.2) is 5.43 Å². The number of nitrogens with zero attached hydrogens (tertiary/aromatic N) is 2. The molecule has 19 heavy (non-hydrogen) atoms. The summed E-state index contributed by atoms with van der Waals surface area (Å²) in [6, 6.07) is 6.21. The first-order chi connectivity index (χ1) is 8.93. The van der Waals surface area contributed by atoms with Gasteiger partial charge < -0.3 is 0 Å². The number of aryl methyl sites for hydroxylation is 1. The van der Waals surface area contributed by atoms with E-state index in [1.165, 1.54) is 6.07 Å². The third-order valence-electron chi connectivity index (χ3n) is 2.87. The van der Waals surface area contributed by atoms with Gasteiger partial charge >= 0.3 is 6.18 Å². The normalized spacial score (nSPS) is 13.5. The van der Waals surface area contributed by atoms with Gasteiger partial charge in [0, 0.05) is 13.2 Å². The van der Waals surface area contributed by atoms with E-state index in [0.717, 1.165) is 12.1 Å². The Morgan fingerprint density at radius 2 is 2.05 bits per heavy atom. The largest absolute Gasteiger partial charge is 0.416 e. The number of hydrogen-bond acceptors (Lipinski definition) is 3. The van der Waals surface area contributed by atoms with Crippen molar-refractivity contribution in [2.75, 3.05) is 0 Å². The van der Waals surface area contributed by atoms with Gasteiger partial charge in [-0.05, 0) is 23.8 Å². The first-order valence-corrected chi connectivity index (χ1v) is 5.54. The van der Waals surface area contributed by atoms with E-state index in [1.807, 2.05) is 0 Å². The molecule has 0 saturated heterocycles. The lowest BCUT2D eigenvalue weighted by Crippen LogP contribution is -2.30. The average Bonchev–Trinajstić information content (AvgIpc) is 2.76. The van der Waals surface area contributed by atoms with Crippen molar-refractivity contribution in [3.8, 4) is 0 Å². The predicted molar refractivity (Wildman–Crippen MR) is 63.8 cm³/mol. The van der Waals surface area contributed by atoms with E-state index in [1.54, 1.807) is 30.1 Å². The molecule has 0 amide bonds. The maximum atomic E-state index is 12.7. The second-order valence-electron chi connectivity index (χ2n) is 4.10. The third kappa shape index (κ3) is 2.77. The Hall–Kier alpha value is -1.86. The highest BCUT2D eigenvalue weighted by Gasteiger charge is 2.31. The van der Waals surface area contributed by atoms with Gasteiger partial charge in [0.2, 0.25) is 0 Å². The van der Waals surface area contributed by atoms with Gasteiger partial charge in [0.15, 0.2) is 0 Å². The topological polar surface area (TPSA) is 55.9 Å². The van der Waals surface area contributed by atoms with E-state index < -0.39 is 17.8 Å². The van der Waals surface area contributed by atoms with Crippen LogP contribution in [0.1, 0.15) is 22.9 Å². The molecule has 102 valence electrons. The van der Waals surface area contributed by atoms with E-state index >= 15 is 0 Å². The van der Waals surface area contributed by atoms with Crippen LogP contribution >= 0.6 is 0 Å². The van der Waals surface area contributed by atoms with Crippen LogP contribution in [-0.2, 0) is 13.2 Å². The van der Waals surface area contributed by atoms with Crippen molar-refractivity contribution in [3.05, 3.63) is 53.3 Å². The van der Waals surface area contributed by atoms with Crippen LogP contribution in [0.2, 0.25) is 0 Å². The third-order valence-corrected chi connectivity index (χ3v) is 2.87. The summed E-state index contributed by atoms with van der Waals surface area (Å²) in [6.07, 6.45) is -2.81. The fourth-order valence-electron chi connectivity index (χ4n) is 1.91. The molecule has 1 atom stereocenters. The lowest BCUT2D eigenvalue weighted by molar-refractivity contribution is -0.137. The summed E-state index contributed by atoms with van der Waals surface area (Å²) >= 11 is 0. The number of alkyl halides is 3. The number of aromatic nitrogens is 2. The summed E-state index contributed by atoms with van der Waals surface area (Å²) in [5.41, 5.74) is 2.92. The van der Waals surface area contributed by atoms with Crippen molar-refractivity contribution in [1.29, 1.82) is 0 Å². The van der Waals surface area contributed by atoms with E-state index in [2.05, 4.69) is 10.5 Å². The fraction of sp³-hybridized carbons (Fsp3) is 0.250. The Labute approximate surface area is 108 Å². The van der Waals surface area contributed by atoms with Crippen molar-refractivity contribution in [1.82, 2.24) is 15.2 Å². The van der Waals surface area contributed by atoms with E-state index in [9.17, 15) is 13.2 Å². The second-order valence-corrected chi connectivity index (χ2v) is 4.10. The molecule has 2 rings (SSSR count). The van der Waals surface area contributed by atoms with Gasteiger partial charge in [-0.2, -0.15) is 18.3 Å². The fourth-order valence-corrected chi connectivity index (χ4v) is 1.91. The molecule has 0 aliphatic heterocycles. The maximum Gasteiger partial charge on any atom is 0.416 e. The van der Waals surface area contributed by atoms with Gasteiger partial charge in [-0.15, -0.1) is 0 Å². The highest BCUT2D eigenvalue weighted by Crippen LogP contribution is 2.31. The number of nitrogens with one attached hydrogen (secondary N) is 1. The minimum atomic E-state index is -4.37. The summed E-state index contributed by atoms with van der Waals surface area (Å²) < 4.78 is 39.6. The predicted octanol–water partition coefficient (Wildman–Crippen LogP) is 1.99. The number of rotatable bonds is 3. The summed E-state index contributed by atoms with van der Waals surface area (Å²) in [5, 5.41) is 3.98. The Bertz CT molecular complexity index is 562. The molecular weight excluding hydrogens is 257 g/mol. The average molecular weight is 270 g/mol. The molecule has 0 fully saturated rings. The maximum absolute atomic E-state index is 12.7. The van der Waals surface area contributed by atoms with Crippen molar-refractivity contribution in [3.63, 3.8) is 0 Å². The van der Waals surface area contributed by atoms with Crippen molar-refractivity contribution in [2.45, 2.75) is 12.2 Å². The molecule has 1 aromatic heterocycles. The molecule has 3 N–H and O–H groups in total. The molecule has 1 heterocycles. The van der Waals surface area contributed by atoms with Crippen LogP contribution < -0.4 is 11.3 Å². The second kappa shape index (κ2) is 5.02. The zero-order chi connectivity index (χ0) is 14.0. The summed E-state index contributed by atoms with van der Waals surface area (Å²) in [7, 11) is 1.70. The molecule has 0 bridgehead atoms. The van der Waals surface area contributed by atoms with Crippen LogP contribution in [0.5, 0.6) is 0 Å². The first kappa shape index (κ1) is 13.6. The number of benzene rings is 1. The molecule has 0 radical (unpaired) electrons. The Morgan fingerprint density at radius 3 is 2.58 bits per heavy atom. The van der Waals surface area contributed by atoms with Gasteiger partial charge in [-0.3, -0.25) is 10.5 Å². The minimum Gasteiger partial charge on any atom is -0.271 e. The Morgan fingerprint density at radius 1 is 1.32 bits per heavy atom. The lowest BCUT2D eigenvalue weighted by Gasteiger charge is -2.18. The van der Waals surface area contributed by atoms with Crippen LogP contribution in [0.4, 0.5) is 13.2 Å². The van der Waals surface area contributed by atoms with Crippen LogP contribution in [0.3, 0.4) is 0 Å². The standard InChI is InChI=1S/C12H13F3N4/c1-19-10(5-6-17-19)11(18-16)8-3-2-4-9(7-8)12(13,14)15/h2-7,11,18H,16H2,1H3. The highest BCUT2D eigenvalue weighted by atomic mass is 19.4. The van der Waals surface area contributed by atoms with Crippen molar-refractivity contribution < 1.29 is 13.2 Å². The smallest absolute Gasteiger partial charge is 0.271 e. The van der Waals surface area contributed by atoms with E-state index in [0.29, 0.717) is 11.3 Å². The zero-order valence-corrected chi connectivity index (χ0v) is 10.1. The van der Waals surface area contributed by atoms with E-state index in [-0.39, 0.29) is 0 Å². The van der Waals surface area contributed by atoms with Gasteiger partial charge in [0.1, 0.15) is 0 Å². The lowest BCUT2D eigenvalue weighted by atomic mass is 10.0. The van der Waals surface area contributed by atoms with Crippen molar-refractivity contribution in [2.24, 2.45) is 12.9 Å². The summed E-state index contributed by atoms with van der Waals surface area (Å²) in [5.74, 6) is 5.45. The van der Waals surface area contributed by atoms with Crippen molar-refractivity contribution >= 4 is 0 Å². The van der Waals surface area contributed by atoms with Gasteiger partial charge in [0.25, 0.3) is 0 Å². The minimum absolute atomic E-state index is 0.431. The van der Waals surface area contributed by atoms with Gasteiger partial charge in [0.05, 0.1) is 17.3 Å². The SMILES string of the molecule is Cn1nccc1C(NN)c1cccc(C(F)(F)F)c1. The molecule has 1 aromatic carbocycles. The summed E-state index contributed by atoms with van der Waals surface area (Å²) in [4.78, 5) is 0. The number of hydrazine groups is 1. The molecule has 7 heteroatoms. The monoisotopic (exact) mass is 270 g/mol. The van der Waals surface area contributed by atoms with Crippen LogP contribution in [0.15, 0.2) is 36.5 Å². The first-order valence-electron chi connectivity index (χ1n) is 5.54. The number of nitrogens with two attached hydrogens (primary N) is 1. The highest BCUT2D eigenvalue weighted by molar-refractivity contribution is 5.32. The molecule has 1 unspecified atom stereocenters. The number of halogens is 3. The zero-order valence-electron chi connectivity index (χ0n) is 10.1. The van der Waals surface area contributed by atoms with Gasteiger partial charge in [-0.1, -0.05) is 12.1 Å². The molecule has 0 aliphatic carbocycles. The summed E-state index contributed by atoms with van der Waals surface area (Å²) in [6.45, 7) is 0. The number of hydrogen-bond donors (Lipinski definition) is 2. The molecular formula is C12H13F3N4. The molecule has 4 nitrogen and oxygen atoms in total. The Balaban J connectivity index is 2.42. The molecule has 2 aromatic rings. The Kier molecular flexibility index (Phi) is 3.59. The molecule has 0 saturated carbocycles. The van der Waals surface area contributed by atoms with Crippen LogP contribution in [-0.4, -0.2) is 9.78 Å². The molecule has 0 spiro atoms.